The van der Waals surface area contributed by atoms with Crippen molar-refractivity contribution >= 4 is 45.1 Å². The summed E-state index contributed by atoms with van der Waals surface area (Å²) in [4.78, 5) is 35.2. The smallest absolute Gasteiger partial charge is 0.258 e. The third-order valence-electron chi connectivity index (χ3n) is 13.0. The number of para-hydroxylation sites is 2. The van der Waals surface area contributed by atoms with Crippen molar-refractivity contribution in [2.75, 3.05) is 36.0 Å². The van der Waals surface area contributed by atoms with Crippen molar-refractivity contribution in [2.45, 2.75) is 71.3 Å². The summed E-state index contributed by atoms with van der Waals surface area (Å²) in [5.74, 6) is 1.22. The third-order valence-corrected chi connectivity index (χ3v) is 13.0. The Bertz CT molecular complexity index is 2580. The van der Waals surface area contributed by atoms with Gasteiger partial charge in [-0.1, -0.05) is 127 Å². The number of ether oxygens (including phenoxy) is 1. The highest BCUT2D eigenvalue weighted by atomic mass is 16.5. The summed E-state index contributed by atoms with van der Waals surface area (Å²) in [6.07, 6.45) is 7.93. The maximum Gasteiger partial charge on any atom is 0.258 e. The first-order chi connectivity index (χ1) is 30.5. The summed E-state index contributed by atoms with van der Waals surface area (Å²) >= 11 is 0. The number of anilines is 2. The number of amides is 2. The van der Waals surface area contributed by atoms with Gasteiger partial charge in [-0.2, -0.15) is 0 Å². The van der Waals surface area contributed by atoms with Gasteiger partial charge in [0.05, 0.1) is 11.4 Å². The van der Waals surface area contributed by atoms with Gasteiger partial charge in [-0.05, 0) is 97.3 Å². The van der Waals surface area contributed by atoms with E-state index in [0.717, 1.165) is 104 Å². The summed E-state index contributed by atoms with van der Waals surface area (Å²) in [6, 6.07) is 50.9. The van der Waals surface area contributed by atoms with Gasteiger partial charge in [0.15, 0.2) is 0 Å². The highest BCUT2D eigenvalue weighted by Crippen LogP contribution is 2.41. The fourth-order valence-electron chi connectivity index (χ4n) is 9.77. The Hall–Kier alpha value is -6.28. The second-order valence-corrected chi connectivity index (χ2v) is 16.9. The number of hydrogen-bond acceptors (Lipinski definition) is 5. The number of rotatable bonds is 9. The van der Waals surface area contributed by atoms with Crippen molar-refractivity contribution in [1.29, 1.82) is 0 Å². The molecule has 0 atom stereocenters. The Morgan fingerprint density at radius 1 is 0.500 bits per heavy atom. The zero-order valence-electron chi connectivity index (χ0n) is 36.0. The molecule has 0 unspecified atom stereocenters. The number of fused-ring (bicyclic) bond motifs is 3. The molecule has 0 saturated carbocycles. The predicted octanol–water partition coefficient (Wildman–Crippen LogP) is 10.9. The number of nitrogens with zero attached hydrogens (tertiary/aromatic N) is 4. The van der Waals surface area contributed by atoms with Crippen LogP contribution in [0.1, 0.15) is 67.3 Å². The average molecular weight is 821 g/mol. The number of carbonyl (C=O) groups is 2. The zero-order valence-corrected chi connectivity index (χ0v) is 36.0. The molecule has 6 aromatic rings. The molecule has 62 heavy (non-hydrogen) atoms. The minimum Gasteiger partial charge on any atom is -0.489 e. The first-order valence-electron chi connectivity index (χ1n) is 22.3. The monoisotopic (exact) mass is 820 g/mol. The Balaban J connectivity index is 0.000000159. The van der Waals surface area contributed by atoms with E-state index in [-0.39, 0.29) is 23.9 Å². The molecule has 2 amide bonds. The van der Waals surface area contributed by atoms with Gasteiger partial charge in [0.2, 0.25) is 0 Å². The van der Waals surface area contributed by atoms with Gasteiger partial charge in [0.1, 0.15) is 12.4 Å². The molecule has 0 spiro atoms. The molecule has 0 bridgehead atoms. The van der Waals surface area contributed by atoms with Crippen LogP contribution in [-0.2, 0) is 29.3 Å². The van der Waals surface area contributed by atoms with Gasteiger partial charge in [0.25, 0.3) is 11.8 Å². The van der Waals surface area contributed by atoms with Crippen LogP contribution < -0.4 is 14.5 Å². The van der Waals surface area contributed by atoms with Crippen molar-refractivity contribution in [1.82, 2.24) is 9.80 Å². The molecule has 4 aliphatic rings. The van der Waals surface area contributed by atoms with Gasteiger partial charge in [-0.3, -0.25) is 19.4 Å². The van der Waals surface area contributed by atoms with E-state index in [1.165, 1.54) is 27.5 Å². The quantitative estimate of drug-likeness (QED) is 0.136. The van der Waals surface area contributed by atoms with Crippen LogP contribution in [0, 0.1) is 0 Å². The fraction of sp³-hybridized carbons (Fsp3) is 0.273. The topological polar surface area (TPSA) is 56.3 Å². The van der Waals surface area contributed by atoms with E-state index in [2.05, 4.69) is 118 Å². The van der Waals surface area contributed by atoms with Crippen LogP contribution in [0.4, 0.5) is 11.4 Å². The van der Waals surface area contributed by atoms with Crippen LogP contribution in [0.2, 0.25) is 0 Å². The molecule has 0 aliphatic carbocycles. The lowest BCUT2D eigenvalue weighted by Crippen LogP contribution is -2.46. The van der Waals surface area contributed by atoms with Crippen molar-refractivity contribution in [2.24, 2.45) is 0 Å². The Labute approximate surface area is 366 Å². The normalized spacial score (nSPS) is 18.6. The first kappa shape index (κ1) is 41.1. The number of hydrogen-bond donors (Lipinski definition) is 0. The Morgan fingerprint density at radius 3 is 1.52 bits per heavy atom. The van der Waals surface area contributed by atoms with Crippen LogP contribution in [0.3, 0.4) is 0 Å². The van der Waals surface area contributed by atoms with Gasteiger partial charge in [0, 0.05) is 73.6 Å². The Morgan fingerprint density at radius 2 is 0.968 bits per heavy atom. The molecule has 10 rings (SSSR count). The number of piperidine rings is 2. The lowest BCUT2D eigenvalue weighted by Gasteiger charge is -2.37. The van der Waals surface area contributed by atoms with Gasteiger partial charge in [-0.15, -0.1) is 0 Å². The molecular formula is C55H56N4O3. The van der Waals surface area contributed by atoms with Gasteiger partial charge < -0.3 is 14.5 Å². The zero-order chi connectivity index (χ0) is 42.4. The van der Waals surface area contributed by atoms with E-state index >= 15 is 0 Å². The average Bonchev–Trinajstić information content (AvgIpc) is 3.78. The summed E-state index contributed by atoms with van der Waals surface area (Å²) < 4.78 is 5.91. The molecule has 2 saturated heterocycles. The molecule has 314 valence electrons. The van der Waals surface area contributed by atoms with Crippen LogP contribution in [0.5, 0.6) is 5.75 Å². The van der Waals surface area contributed by atoms with E-state index in [1.807, 2.05) is 73.4 Å². The molecule has 7 heteroatoms. The molecule has 6 aromatic carbocycles. The van der Waals surface area contributed by atoms with Gasteiger partial charge >= 0.3 is 0 Å². The summed E-state index contributed by atoms with van der Waals surface area (Å²) in [7, 11) is 0. The van der Waals surface area contributed by atoms with Crippen molar-refractivity contribution < 1.29 is 14.3 Å². The van der Waals surface area contributed by atoms with E-state index < -0.39 is 0 Å². The van der Waals surface area contributed by atoms with Crippen LogP contribution >= 0.6 is 0 Å². The highest BCUT2D eigenvalue weighted by Gasteiger charge is 2.39. The highest BCUT2D eigenvalue weighted by molar-refractivity contribution is 6.33. The Kier molecular flexibility index (Phi) is 12.4. The number of carbonyl (C=O) groups excluding carboxylic acids is 2. The van der Waals surface area contributed by atoms with Crippen LogP contribution in [0.15, 0.2) is 158 Å². The minimum absolute atomic E-state index is 0.156. The number of likely N-dealkylation sites (tertiary alicyclic amines) is 2. The largest absolute Gasteiger partial charge is 0.489 e. The fourth-order valence-corrected chi connectivity index (χ4v) is 9.77. The molecule has 7 nitrogen and oxygen atoms in total. The maximum absolute atomic E-state index is 13.1. The van der Waals surface area contributed by atoms with E-state index in [9.17, 15) is 9.59 Å². The van der Waals surface area contributed by atoms with Crippen LogP contribution in [-0.4, -0.2) is 59.9 Å². The number of allylic oxidation sites excluding steroid dienone is 2. The van der Waals surface area contributed by atoms with Crippen molar-refractivity contribution in [3.05, 3.63) is 186 Å². The van der Waals surface area contributed by atoms with Crippen molar-refractivity contribution in [3.8, 4) is 5.75 Å². The summed E-state index contributed by atoms with van der Waals surface area (Å²) in [5, 5.41) is 2.60. The predicted molar refractivity (Wildman–Crippen MR) is 253 cm³/mol. The second kappa shape index (κ2) is 18.8. The first-order valence-corrected chi connectivity index (χ1v) is 22.3. The molecule has 0 aromatic heterocycles. The molecule has 4 aliphatic heterocycles. The second-order valence-electron chi connectivity index (χ2n) is 16.9. The van der Waals surface area contributed by atoms with E-state index in [0.29, 0.717) is 6.61 Å². The molecule has 4 heterocycles. The maximum atomic E-state index is 13.1. The summed E-state index contributed by atoms with van der Waals surface area (Å²) in [6.45, 7) is 10.4. The minimum atomic E-state index is 0.156. The number of benzene rings is 6. The van der Waals surface area contributed by atoms with E-state index in [4.69, 9.17) is 4.74 Å². The molecule has 0 radical (unpaired) electrons. The molecular weight excluding hydrogens is 765 g/mol. The molecule has 2 fully saturated rings. The van der Waals surface area contributed by atoms with Crippen molar-refractivity contribution in [3.63, 3.8) is 0 Å². The van der Waals surface area contributed by atoms with Crippen LogP contribution in [0.25, 0.3) is 21.9 Å². The summed E-state index contributed by atoms with van der Waals surface area (Å²) in [5.41, 5.74) is 9.81. The SMILES string of the molecule is CC=C1C(=O)N(C2CCN(Cc3ccc(OCc4ccccc4)cc3)CC2)c2ccccc21.CC=C1C(=O)N(C2CCN(Cc3ccc4ccccc4c3)CC2)c2ccccc21. The lowest BCUT2D eigenvalue weighted by molar-refractivity contribution is -0.114. The third kappa shape index (κ3) is 8.74. The van der Waals surface area contributed by atoms with Gasteiger partial charge in [-0.25, -0.2) is 0 Å². The standard InChI is InChI=1S/C29H30N2O2.C26H26N2O/c1-2-26-27-10-6-7-11-28(27)31(29(26)32)24-16-18-30(19-17-24)20-22-12-14-25(15-13-22)33-21-23-8-4-3-5-9-23;1-2-23-24-9-5-6-10-25(24)28(26(23)29)22-13-15-27(16-14-22)18-19-11-12-20-7-3-4-8-21(20)17-19/h2-15,24H,16-21H2,1H3;2-12,17,22H,13-16,18H2,1H3. The molecule has 0 N–H and O–H groups in total. The van der Waals surface area contributed by atoms with E-state index in [1.54, 1.807) is 0 Å². The lowest BCUT2D eigenvalue weighted by atomic mass is 10.0.